The molecule has 1 heterocycles. The molecule has 1 aliphatic heterocycles. The van der Waals surface area contributed by atoms with Crippen LogP contribution >= 0.6 is 0 Å². The fourth-order valence-corrected chi connectivity index (χ4v) is 8.78. The van der Waals surface area contributed by atoms with Gasteiger partial charge in [-0.2, -0.15) is 0 Å². The Bertz CT molecular complexity index is 2370. The summed E-state index contributed by atoms with van der Waals surface area (Å²) in [7, 11) is 0. The number of phenolic OH excluding ortho intramolecular Hbond substituents is 1. The lowest BCUT2D eigenvalue weighted by atomic mass is 9.82. The first-order valence-electron chi connectivity index (χ1n) is 24.7. The standard InChI is InChI=1S/C52H71N11O9/c1-4-31(2)45(62-49(69)41(60-32(3)64)26-33-16-20-39(65)21-17-33)51(71)61-40(22-23-43(53)66)48(68)58-28-35-12-10-34(11-13-35)27-56-44(67)30-57-46(37-8-6-5-7-9-37)52(72)63-25-24-42(63)50(70)59-29-36-14-18-38(19-15-36)47(54)55/h10-21,31,37,40-42,45-46,57,65H,4-9,22-30H2,1-3H3,(H2,53,66)(H3,54,55)(H,56,67)(H,58,68)(H,59,70)(H,60,64)(H,61,71)(H,62,69)/t31?,40-,41-,42-,45-,46+/m0/s1. The first-order valence-corrected chi connectivity index (χ1v) is 24.7. The molecule has 8 amide bonds. The molecular formula is C52H71N11O9. The molecule has 1 saturated heterocycles. The molecule has 3 aromatic rings. The van der Waals surface area contributed by atoms with E-state index in [9.17, 15) is 43.5 Å². The molecule has 6 atom stereocenters. The minimum Gasteiger partial charge on any atom is -0.508 e. The van der Waals surface area contributed by atoms with E-state index in [-0.39, 0.29) is 80.7 Å². The number of amidine groups is 1. The van der Waals surface area contributed by atoms with E-state index in [1.54, 1.807) is 72.5 Å². The zero-order valence-corrected chi connectivity index (χ0v) is 41.4. The van der Waals surface area contributed by atoms with Crippen LogP contribution in [0.25, 0.3) is 0 Å². The van der Waals surface area contributed by atoms with Gasteiger partial charge in [0.2, 0.25) is 47.3 Å². The topological polar surface area (TPSA) is 320 Å². The number of aromatic hydroxyl groups is 1. The van der Waals surface area contributed by atoms with E-state index in [1.807, 2.05) is 6.92 Å². The molecule has 13 N–H and O–H groups in total. The minimum atomic E-state index is -1.19. The van der Waals surface area contributed by atoms with Crippen LogP contribution < -0.4 is 48.7 Å². The lowest BCUT2D eigenvalue weighted by Gasteiger charge is -2.43. The molecule has 20 heteroatoms. The molecule has 2 aliphatic rings. The van der Waals surface area contributed by atoms with Gasteiger partial charge in [-0.25, -0.2) is 0 Å². The minimum absolute atomic E-state index is 0.0273. The van der Waals surface area contributed by atoms with E-state index in [0.29, 0.717) is 36.1 Å². The fourth-order valence-electron chi connectivity index (χ4n) is 8.78. The zero-order valence-electron chi connectivity index (χ0n) is 41.4. The number of nitrogens with one attached hydrogen (secondary N) is 8. The Hall–Kier alpha value is -7.35. The maximum Gasteiger partial charge on any atom is 0.243 e. The SMILES string of the molecule is CCC(C)[C@H](NC(=O)[C@H](Cc1ccc(O)cc1)NC(C)=O)C(=O)N[C@@H](CCC(N)=O)C(=O)NCc1ccc(CNC(=O)CN[C@@H](C(=O)N2CC[C@H]2C(=O)NCc2ccc(C(=N)N)cc2)C2CCCCC2)cc1. The number of benzene rings is 3. The summed E-state index contributed by atoms with van der Waals surface area (Å²) in [6, 6.07) is 15.7. The number of nitrogens with two attached hydrogens (primary N) is 2. The van der Waals surface area contributed by atoms with Crippen LogP contribution in [0.2, 0.25) is 0 Å². The van der Waals surface area contributed by atoms with E-state index in [1.165, 1.54) is 19.1 Å². The Kier molecular flexibility index (Phi) is 21.1. The van der Waals surface area contributed by atoms with Crippen LogP contribution in [0.5, 0.6) is 5.75 Å². The van der Waals surface area contributed by atoms with Crippen LogP contribution in [0.15, 0.2) is 72.8 Å². The van der Waals surface area contributed by atoms with E-state index in [2.05, 4.69) is 37.2 Å². The van der Waals surface area contributed by atoms with Crippen molar-refractivity contribution in [2.45, 2.75) is 135 Å². The van der Waals surface area contributed by atoms with Gasteiger partial charge >= 0.3 is 0 Å². The molecule has 3 aromatic carbocycles. The Morgan fingerprint density at radius 1 is 0.708 bits per heavy atom. The van der Waals surface area contributed by atoms with Gasteiger partial charge in [0.15, 0.2) is 0 Å². The van der Waals surface area contributed by atoms with Crippen LogP contribution in [0.4, 0.5) is 0 Å². The van der Waals surface area contributed by atoms with Gasteiger partial charge in [0.05, 0.1) is 12.6 Å². The number of nitrogens with zero attached hydrogens (tertiary/aromatic N) is 1. The number of hydrogen-bond donors (Lipinski definition) is 11. The average Bonchev–Trinajstić information content (AvgIpc) is 3.35. The Labute approximate surface area is 420 Å². The normalized spacial score (nSPS) is 16.5. The van der Waals surface area contributed by atoms with E-state index < -0.39 is 65.7 Å². The Morgan fingerprint density at radius 3 is 1.85 bits per heavy atom. The van der Waals surface area contributed by atoms with Gasteiger partial charge in [-0.15, -0.1) is 0 Å². The molecule has 72 heavy (non-hydrogen) atoms. The van der Waals surface area contributed by atoms with Crippen LogP contribution in [0, 0.1) is 17.2 Å². The van der Waals surface area contributed by atoms with Gasteiger partial charge in [-0.1, -0.05) is 100 Å². The monoisotopic (exact) mass is 994 g/mol. The first-order chi connectivity index (χ1) is 34.4. The lowest BCUT2D eigenvalue weighted by molar-refractivity contribution is -0.150. The van der Waals surface area contributed by atoms with Crippen molar-refractivity contribution in [3.8, 4) is 5.75 Å². The average molecular weight is 994 g/mol. The van der Waals surface area contributed by atoms with Crippen LogP contribution in [-0.2, 0) is 64.4 Å². The zero-order chi connectivity index (χ0) is 52.3. The number of amides is 8. The summed E-state index contributed by atoms with van der Waals surface area (Å²) in [5, 5.41) is 37.2. The second kappa shape index (κ2) is 27.3. The summed E-state index contributed by atoms with van der Waals surface area (Å²) >= 11 is 0. The predicted molar refractivity (Wildman–Crippen MR) is 269 cm³/mol. The number of primary amides is 1. The molecular weight excluding hydrogens is 923 g/mol. The molecule has 0 spiro atoms. The quantitative estimate of drug-likeness (QED) is 0.0403. The van der Waals surface area contributed by atoms with E-state index in [0.717, 1.165) is 43.2 Å². The van der Waals surface area contributed by atoms with Crippen molar-refractivity contribution in [1.29, 1.82) is 5.41 Å². The lowest BCUT2D eigenvalue weighted by Crippen LogP contribution is -2.63. The molecule has 0 aromatic heterocycles. The van der Waals surface area contributed by atoms with Crippen molar-refractivity contribution < 1.29 is 43.5 Å². The summed E-state index contributed by atoms with van der Waals surface area (Å²) in [5.74, 6) is -4.13. The highest BCUT2D eigenvalue weighted by Crippen LogP contribution is 2.30. The number of likely N-dealkylation sites (tertiary alicyclic amines) is 1. The summed E-state index contributed by atoms with van der Waals surface area (Å²) in [5.41, 5.74) is 14.5. The Balaban J connectivity index is 1.12. The molecule has 5 rings (SSSR count). The van der Waals surface area contributed by atoms with E-state index >= 15 is 0 Å². The third kappa shape index (κ3) is 16.9. The number of carbonyl (C=O) groups is 8. The smallest absolute Gasteiger partial charge is 0.243 e. The number of phenols is 1. The third-order valence-electron chi connectivity index (χ3n) is 13.4. The van der Waals surface area contributed by atoms with Gasteiger partial charge in [-0.05, 0) is 71.9 Å². The van der Waals surface area contributed by atoms with Gasteiger partial charge in [0, 0.05) is 51.5 Å². The summed E-state index contributed by atoms with van der Waals surface area (Å²) < 4.78 is 0. The molecule has 20 nitrogen and oxygen atoms in total. The maximum atomic E-state index is 14.0. The van der Waals surface area contributed by atoms with Crippen molar-refractivity contribution in [2.24, 2.45) is 23.3 Å². The van der Waals surface area contributed by atoms with Gasteiger partial charge in [-0.3, -0.25) is 49.1 Å². The highest BCUT2D eigenvalue weighted by Gasteiger charge is 2.42. The highest BCUT2D eigenvalue weighted by atomic mass is 16.3. The molecule has 388 valence electrons. The van der Waals surface area contributed by atoms with Crippen molar-refractivity contribution in [2.75, 3.05) is 13.1 Å². The summed E-state index contributed by atoms with van der Waals surface area (Å²) in [6.45, 7) is 5.73. The first kappa shape index (κ1) is 55.6. The van der Waals surface area contributed by atoms with Gasteiger partial charge in [0.1, 0.15) is 35.8 Å². The largest absolute Gasteiger partial charge is 0.508 e. The summed E-state index contributed by atoms with van der Waals surface area (Å²) in [4.78, 5) is 107. The van der Waals surface area contributed by atoms with Crippen LogP contribution in [0.3, 0.4) is 0 Å². The summed E-state index contributed by atoms with van der Waals surface area (Å²) in [6.07, 6.45) is 5.50. The molecule has 2 fully saturated rings. The number of rotatable bonds is 26. The van der Waals surface area contributed by atoms with Crippen molar-refractivity contribution in [3.05, 3.63) is 101 Å². The fraction of sp³-hybridized carbons (Fsp3) is 0.481. The maximum absolute atomic E-state index is 14.0. The number of carbonyl (C=O) groups excluding carboxylic acids is 8. The van der Waals surface area contributed by atoms with Gasteiger partial charge in [0.25, 0.3) is 0 Å². The van der Waals surface area contributed by atoms with Crippen LogP contribution in [0.1, 0.15) is 106 Å². The second-order valence-electron chi connectivity index (χ2n) is 18.8. The van der Waals surface area contributed by atoms with Crippen molar-refractivity contribution in [1.82, 2.24) is 42.1 Å². The van der Waals surface area contributed by atoms with Crippen molar-refractivity contribution in [3.63, 3.8) is 0 Å². The number of hydrogen-bond acceptors (Lipinski definition) is 11. The molecule has 1 unspecified atom stereocenters. The number of nitrogen functional groups attached to an aromatic ring is 1. The Morgan fingerprint density at radius 2 is 1.29 bits per heavy atom. The highest BCUT2D eigenvalue weighted by molar-refractivity contribution is 5.96. The van der Waals surface area contributed by atoms with Crippen LogP contribution in [-0.4, -0.2) is 106 Å². The third-order valence-corrected chi connectivity index (χ3v) is 13.4. The van der Waals surface area contributed by atoms with Crippen molar-refractivity contribution >= 4 is 53.1 Å². The molecule has 0 radical (unpaired) electrons. The van der Waals surface area contributed by atoms with E-state index in [4.69, 9.17) is 16.9 Å². The second-order valence-corrected chi connectivity index (χ2v) is 18.8. The predicted octanol–water partition coefficient (Wildman–Crippen LogP) is 1.39. The molecule has 1 aliphatic carbocycles. The van der Waals surface area contributed by atoms with Gasteiger partial charge < -0.3 is 53.4 Å². The molecule has 0 bridgehead atoms. The molecule has 1 saturated carbocycles.